The fourth-order valence-electron chi connectivity index (χ4n) is 2.99. The van der Waals surface area contributed by atoms with Gasteiger partial charge in [0.2, 0.25) is 0 Å². The molecule has 1 aliphatic rings. The zero-order valence-corrected chi connectivity index (χ0v) is 13.1. The second-order valence-corrected chi connectivity index (χ2v) is 5.76. The normalized spacial score (nSPS) is 20.2. The van der Waals surface area contributed by atoms with E-state index in [1.165, 1.54) is 36.3 Å². The van der Waals surface area contributed by atoms with Crippen molar-refractivity contribution in [2.75, 3.05) is 13.7 Å². The van der Waals surface area contributed by atoms with Gasteiger partial charge in [0.1, 0.15) is 17.4 Å². The number of ether oxygens (including phenoxy) is 1. The van der Waals surface area contributed by atoms with Crippen molar-refractivity contribution >= 4 is 5.91 Å². The molecule has 1 saturated heterocycles. The lowest BCUT2D eigenvalue weighted by Gasteiger charge is -2.25. The highest BCUT2D eigenvalue weighted by Crippen LogP contribution is 2.34. The molecule has 1 N–H and O–H groups in total. The topological polar surface area (TPSA) is 49.8 Å². The van der Waals surface area contributed by atoms with E-state index in [-0.39, 0.29) is 17.9 Å². The third kappa shape index (κ3) is 3.10. The molecule has 0 saturated carbocycles. The number of benzene rings is 2. The van der Waals surface area contributed by atoms with E-state index >= 15 is 0 Å². The Bertz CT molecular complexity index is 748. The highest BCUT2D eigenvalue weighted by Gasteiger charge is 2.36. The lowest BCUT2D eigenvalue weighted by atomic mass is 10.0. The molecule has 1 amide bonds. The molecule has 6 heteroatoms. The molecule has 1 fully saturated rings. The van der Waals surface area contributed by atoms with Gasteiger partial charge in [-0.25, -0.2) is 8.78 Å². The van der Waals surface area contributed by atoms with Crippen LogP contribution in [0.3, 0.4) is 0 Å². The van der Waals surface area contributed by atoms with Crippen molar-refractivity contribution in [2.24, 2.45) is 0 Å². The summed E-state index contributed by atoms with van der Waals surface area (Å²) in [6, 6.07) is 9.35. The number of rotatable bonds is 3. The monoisotopic (exact) mass is 333 g/mol. The molecule has 1 heterocycles. The number of methoxy groups -OCH3 is 1. The van der Waals surface area contributed by atoms with Gasteiger partial charge in [0.15, 0.2) is 0 Å². The van der Waals surface area contributed by atoms with Gasteiger partial charge in [-0.2, -0.15) is 0 Å². The first-order valence-corrected chi connectivity index (χ1v) is 7.57. The summed E-state index contributed by atoms with van der Waals surface area (Å²) in [5.41, 5.74) is 0.618. The average Bonchev–Trinajstić information content (AvgIpc) is 2.96. The first-order chi connectivity index (χ1) is 11.5. The molecular formula is C18H17F2NO3. The fraction of sp³-hybridized carbons (Fsp3) is 0.278. The van der Waals surface area contributed by atoms with Crippen LogP contribution in [0.4, 0.5) is 8.78 Å². The average molecular weight is 333 g/mol. The fourth-order valence-corrected chi connectivity index (χ4v) is 2.99. The molecule has 24 heavy (non-hydrogen) atoms. The first kappa shape index (κ1) is 16.4. The minimum Gasteiger partial charge on any atom is -0.497 e. The smallest absolute Gasteiger partial charge is 0.257 e. The van der Waals surface area contributed by atoms with Crippen LogP contribution in [0.5, 0.6) is 5.75 Å². The van der Waals surface area contributed by atoms with Crippen molar-refractivity contribution in [3.05, 3.63) is 65.2 Å². The number of hydrogen-bond donors (Lipinski definition) is 1. The number of amides is 1. The Morgan fingerprint density at radius 2 is 1.92 bits per heavy atom. The number of aliphatic hydroxyl groups excluding tert-OH is 1. The molecule has 2 atom stereocenters. The summed E-state index contributed by atoms with van der Waals surface area (Å²) in [7, 11) is 1.41. The van der Waals surface area contributed by atoms with Crippen LogP contribution >= 0.6 is 0 Å². The number of β-amino-alcohol motifs (C(OH)–C–C–N with tert-alkyl or cyclic N) is 1. The molecular weight excluding hydrogens is 316 g/mol. The van der Waals surface area contributed by atoms with E-state index in [1.54, 1.807) is 12.1 Å². The van der Waals surface area contributed by atoms with E-state index in [0.29, 0.717) is 17.7 Å². The van der Waals surface area contributed by atoms with Crippen LogP contribution < -0.4 is 4.74 Å². The maximum absolute atomic E-state index is 14.2. The molecule has 0 aromatic heterocycles. The van der Waals surface area contributed by atoms with Gasteiger partial charge < -0.3 is 14.7 Å². The second kappa shape index (κ2) is 6.57. The molecule has 3 rings (SSSR count). The third-order valence-corrected chi connectivity index (χ3v) is 4.20. The molecule has 4 nitrogen and oxygen atoms in total. The number of carbonyl (C=O) groups is 1. The van der Waals surface area contributed by atoms with Crippen LogP contribution in [0, 0.1) is 11.6 Å². The number of halogens is 2. The van der Waals surface area contributed by atoms with E-state index in [4.69, 9.17) is 4.74 Å². The van der Waals surface area contributed by atoms with Crippen molar-refractivity contribution in [2.45, 2.75) is 18.6 Å². The molecule has 0 bridgehead atoms. The number of hydrogen-bond acceptors (Lipinski definition) is 3. The number of aliphatic hydroxyl groups is 1. The third-order valence-electron chi connectivity index (χ3n) is 4.20. The van der Waals surface area contributed by atoms with E-state index in [1.807, 2.05) is 0 Å². The summed E-state index contributed by atoms with van der Waals surface area (Å²) in [6.07, 6.45) is -0.375. The summed E-state index contributed by atoms with van der Waals surface area (Å²) in [5.74, 6) is -1.25. The van der Waals surface area contributed by atoms with Crippen LogP contribution in [0.1, 0.15) is 28.4 Å². The Balaban J connectivity index is 1.91. The van der Waals surface area contributed by atoms with E-state index < -0.39 is 23.9 Å². The number of nitrogens with zero attached hydrogens (tertiary/aromatic N) is 1. The maximum atomic E-state index is 14.2. The van der Waals surface area contributed by atoms with Gasteiger partial charge in [0.25, 0.3) is 5.91 Å². The van der Waals surface area contributed by atoms with Crippen molar-refractivity contribution in [3.8, 4) is 5.75 Å². The first-order valence-electron chi connectivity index (χ1n) is 7.57. The Hall–Kier alpha value is -2.47. The lowest BCUT2D eigenvalue weighted by Crippen LogP contribution is -2.32. The van der Waals surface area contributed by atoms with Crippen LogP contribution in [-0.4, -0.2) is 35.7 Å². The Morgan fingerprint density at radius 3 is 2.54 bits per heavy atom. The highest BCUT2D eigenvalue weighted by atomic mass is 19.1. The standard InChI is InChI=1S/C18H17F2NO3/c1-24-14-6-7-15(16(20)9-14)18(23)21-10-13(22)8-17(21)11-2-4-12(19)5-3-11/h2-7,9,13,17,22H,8,10H2,1H3/t13-,17+/m1/s1. The van der Waals surface area contributed by atoms with E-state index in [2.05, 4.69) is 0 Å². The maximum Gasteiger partial charge on any atom is 0.257 e. The zero-order valence-electron chi connectivity index (χ0n) is 13.1. The van der Waals surface area contributed by atoms with E-state index in [9.17, 15) is 18.7 Å². The number of likely N-dealkylation sites (tertiary alicyclic amines) is 1. The summed E-state index contributed by atoms with van der Waals surface area (Å²) in [4.78, 5) is 14.1. The van der Waals surface area contributed by atoms with Crippen LogP contribution in [0.25, 0.3) is 0 Å². The number of carbonyl (C=O) groups excluding carboxylic acids is 1. The quantitative estimate of drug-likeness (QED) is 0.940. The van der Waals surface area contributed by atoms with Gasteiger partial charge >= 0.3 is 0 Å². The molecule has 0 radical (unpaired) electrons. The summed E-state index contributed by atoms with van der Waals surface area (Å²) in [5, 5.41) is 9.95. The summed E-state index contributed by atoms with van der Waals surface area (Å²) in [6.45, 7) is 0.104. The second-order valence-electron chi connectivity index (χ2n) is 5.76. The van der Waals surface area contributed by atoms with Gasteiger partial charge in [-0.05, 0) is 36.2 Å². The predicted octanol–water partition coefficient (Wildman–Crippen LogP) is 2.92. The SMILES string of the molecule is COc1ccc(C(=O)N2C[C@H](O)C[C@H]2c2ccc(F)cc2)c(F)c1. The highest BCUT2D eigenvalue weighted by molar-refractivity contribution is 5.95. The van der Waals surface area contributed by atoms with Gasteiger partial charge in [0, 0.05) is 12.6 Å². The molecule has 2 aromatic carbocycles. The Morgan fingerprint density at radius 1 is 1.21 bits per heavy atom. The molecule has 2 aromatic rings. The van der Waals surface area contributed by atoms with Gasteiger partial charge in [-0.3, -0.25) is 4.79 Å². The van der Waals surface area contributed by atoms with Gasteiger partial charge in [-0.1, -0.05) is 12.1 Å². The van der Waals surface area contributed by atoms with Crippen molar-refractivity contribution in [1.82, 2.24) is 4.90 Å². The van der Waals surface area contributed by atoms with Crippen LogP contribution in [0.15, 0.2) is 42.5 Å². The lowest BCUT2D eigenvalue weighted by molar-refractivity contribution is 0.0711. The van der Waals surface area contributed by atoms with Crippen molar-refractivity contribution in [3.63, 3.8) is 0 Å². The molecule has 0 unspecified atom stereocenters. The summed E-state index contributed by atoms with van der Waals surface area (Å²) >= 11 is 0. The molecule has 1 aliphatic heterocycles. The Labute approximate surface area is 138 Å². The summed E-state index contributed by atoms with van der Waals surface area (Å²) < 4.78 is 32.2. The van der Waals surface area contributed by atoms with E-state index in [0.717, 1.165) is 6.07 Å². The predicted molar refractivity (Wildman–Crippen MR) is 83.8 cm³/mol. The molecule has 126 valence electrons. The van der Waals surface area contributed by atoms with Gasteiger partial charge in [-0.15, -0.1) is 0 Å². The molecule has 0 aliphatic carbocycles. The molecule has 0 spiro atoms. The largest absolute Gasteiger partial charge is 0.497 e. The van der Waals surface area contributed by atoms with Crippen LogP contribution in [-0.2, 0) is 0 Å². The van der Waals surface area contributed by atoms with Gasteiger partial charge in [0.05, 0.1) is 24.8 Å². The minimum atomic E-state index is -0.703. The van der Waals surface area contributed by atoms with Crippen LogP contribution in [0.2, 0.25) is 0 Å². The van der Waals surface area contributed by atoms with Crippen molar-refractivity contribution < 1.29 is 23.4 Å². The minimum absolute atomic E-state index is 0.0861. The van der Waals surface area contributed by atoms with Crippen molar-refractivity contribution in [1.29, 1.82) is 0 Å². The zero-order chi connectivity index (χ0) is 17.3. The Kier molecular flexibility index (Phi) is 4.49.